The van der Waals surface area contributed by atoms with E-state index in [4.69, 9.17) is 11.6 Å². The summed E-state index contributed by atoms with van der Waals surface area (Å²) in [6.45, 7) is 2.79. The summed E-state index contributed by atoms with van der Waals surface area (Å²) in [4.78, 5) is 11.6. The average molecular weight is 280 g/mol. The SMILES string of the molecule is CCCC1NCC=C(c2ccc(Cl)cc2)C1C(=O)O. The van der Waals surface area contributed by atoms with Gasteiger partial charge in [-0.2, -0.15) is 0 Å². The Morgan fingerprint density at radius 2 is 2.11 bits per heavy atom. The van der Waals surface area contributed by atoms with E-state index in [1.165, 1.54) is 0 Å². The minimum Gasteiger partial charge on any atom is -0.481 e. The number of carboxylic acid groups (broad SMARTS) is 1. The quantitative estimate of drug-likeness (QED) is 0.890. The number of aliphatic carboxylic acids is 1. The van der Waals surface area contributed by atoms with Gasteiger partial charge in [0.25, 0.3) is 0 Å². The molecule has 4 heteroatoms. The molecular formula is C15H18ClNO2. The van der Waals surface area contributed by atoms with E-state index in [2.05, 4.69) is 12.2 Å². The van der Waals surface area contributed by atoms with E-state index in [1.807, 2.05) is 18.2 Å². The molecule has 1 aromatic rings. The van der Waals surface area contributed by atoms with Crippen molar-refractivity contribution in [1.82, 2.24) is 5.32 Å². The predicted molar refractivity (Wildman–Crippen MR) is 77.3 cm³/mol. The van der Waals surface area contributed by atoms with Crippen molar-refractivity contribution in [1.29, 1.82) is 0 Å². The Kier molecular flexibility index (Phi) is 4.61. The molecule has 0 bridgehead atoms. The highest BCUT2D eigenvalue weighted by Gasteiger charge is 2.33. The third-order valence-electron chi connectivity index (χ3n) is 3.48. The van der Waals surface area contributed by atoms with Crippen molar-refractivity contribution in [3.8, 4) is 0 Å². The van der Waals surface area contributed by atoms with Crippen LogP contribution >= 0.6 is 11.6 Å². The van der Waals surface area contributed by atoms with E-state index in [-0.39, 0.29) is 6.04 Å². The minimum atomic E-state index is -0.771. The number of hydrogen-bond donors (Lipinski definition) is 2. The van der Waals surface area contributed by atoms with Crippen LogP contribution in [-0.2, 0) is 4.79 Å². The number of rotatable bonds is 4. The van der Waals surface area contributed by atoms with Crippen LogP contribution in [0.1, 0.15) is 25.3 Å². The van der Waals surface area contributed by atoms with Crippen LogP contribution in [0.15, 0.2) is 30.3 Å². The molecule has 0 amide bonds. The number of nitrogens with one attached hydrogen (secondary N) is 1. The second-order valence-corrected chi connectivity index (χ2v) is 5.22. The molecular weight excluding hydrogens is 262 g/mol. The lowest BCUT2D eigenvalue weighted by molar-refractivity contribution is -0.140. The van der Waals surface area contributed by atoms with Gasteiger partial charge in [0, 0.05) is 17.6 Å². The van der Waals surface area contributed by atoms with Crippen LogP contribution in [0.5, 0.6) is 0 Å². The lowest BCUT2D eigenvalue weighted by Crippen LogP contribution is -2.44. The summed E-state index contributed by atoms with van der Waals surface area (Å²) in [5, 5.41) is 13.5. The standard InChI is InChI=1S/C15H18ClNO2/c1-2-3-13-14(15(18)19)12(8-9-17-13)10-4-6-11(16)7-5-10/h4-8,13-14,17H,2-3,9H2,1H3,(H,18,19). The molecule has 2 atom stereocenters. The average Bonchev–Trinajstić information content (AvgIpc) is 2.39. The topological polar surface area (TPSA) is 49.3 Å². The zero-order chi connectivity index (χ0) is 13.8. The van der Waals surface area contributed by atoms with Crippen LogP contribution in [0.4, 0.5) is 0 Å². The summed E-state index contributed by atoms with van der Waals surface area (Å²) in [6, 6.07) is 7.37. The summed E-state index contributed by atoms with van der Waals surface area (Å²) < 4.78 is 0. The Morgan fingerprint density at radius 1 is 1.42 bits per heavy atom. The lowest BCUT2D eigenvalue weighted by Gasteiger charge is -2.31. The molecule has 0 aliphatic carbocycles. The lowest BCUT2D eigenvalue weighted by atomic mass is 9.82. The van der Waals surface area contributed by atoms with Crippen molar-refractivity contribution in [3.63, 3.8) is 0 Å². The fourth-order valence-corrected chi connectivity index (χ4v) is 2.73. The molecule has 1 aliphatic rings. The first-order chi connectivity index (χ1) is 9.13. The fraction of sp³-hybridized carbons (Fsp3) is 0.400. The molecule has 3 nitrogen and oxygen atoms in total. The van der Waals surface area contributed by atoms with E-state index in [0.29, 0.717) is 11.6 Å². The highest BCUT2D eigenvalue weighted by molar-refractivity contribution is 6.30. The molecule has 1 aliphatic heterocycles. The minimum absolute atomic E-state index is 0.00169. The number of carboxylic acids is 1. The van der Waals surface area contributed by atoms with Gasteiger partial charge < -0.3 is 10.4 Å². The van der Waals surface area contributed by atoms with Gasteiger partial charge in [0.2, 0.25) is 0 Å². The summed E-state index contributed by atoms with van der Waals surface area (Å²) in [7, 11) is 0. The third-order valence-corrected chi connectivity index (χ3v) is 3.73. The van der Waals surface area contributed by atoms with E-state index >= 15 is 0 Å². The van der Waals surface area contributed by atoms with Crippen molar-refractivity contribution in [2.45, 2.75) is 25.8 Å². The van der Waals surface area contributed by atoms with Gasteiger partial charge in [-0.05, 0) is 29.7 Å². The van der Waals surface area contributed by atoms with Gasteiger partial charge >= 0.3 is 5.97 Å². The van der Waals surface area contributed by atoms with Crippen LogP contribution in [0.3, 0.4) is 0 Å². The zero-order valence-electron chi connectivity index (χ0n) is 10.9. The predicted octanol–water partition coefficient (Wildman–Crippen LogP) is 3.20. The first-order valence-corrected chi connectivity index (χ1v) is 6.93. The van der Waals surface area contributed by atoms with E-state index in [9.17, 15) is 9.90 Å². The van der Waals surface area contributed by atoms with Crippen LogP contribution in [0.25, 0.3) is 5.57 Å². The fourth-order valence-electron chi connectivity index (χ4n) is 2.61. The normalized spacial score (nSPS) is 22.9. The first kappa shape index (κ1) is 14.1. The van der Waals surface area contributed by atoms with Crippen molar-refractivity contribution in [3.05, 3.63) is 40.9 Å². The molecule has 2 N–H and O–H groups in total. The van der Waals surface area contributed by atoms with Crippen LogP contribution in [0, 0.1) is 5.92 Å². The second kappa shape index (κ2) is 6.22. The Labute approximate surface area is 118 Å². The maximum Gasteiger partial charge on any atom is 0.312 e. The summed E-state index contributed by atoms with van der Waals surface area (Å²) >= 11 is 5.88. The highest BCUT2D eigenvalue weighted by Crippen LogP contribution is 2.31. The van der Waals surface area contributed by atoms with Crippen molar-refractivity contribution in [2.75, 3.05) is 6.54 Å². The third kappa shape index (κ3) is 3.17. The van der Waals surface area contributed by atoms with E-state index < -0.39 is 11.9 Å². The largest absolute Gasteiger partial charge is 0.481 e. The molecule has 2 rings (SSSR count). The zero-order valence-corrected chi connectivity index (χ0v) is 11.7. The molecule has 0 saturated heterocycles. The van der Waals surface area contributed by atoms with Crippen molar-refractivity contribution >= 4 is 23.1 Å². The molecule has 2 unspecified atom stereocenters. The number of hydrogen-bond acceptors (Lipinski definition) is 2. The maximum absolute atomic E-state index is 11.6. The summed E-state index contributed by atoms with van der Waals surface area (Å²) in [5.41, 5.74) is 1.83. The molecule has 0 spiro atoms. The Balaban J connectivity index is 2.33. The Bertz CT molecular complexity index is 481. The summed E-state index contributed by atoms with van der Waals surface area (Å²) in [5.74, 6) is -1.26. The molecule has 0 radical (unpaired) electrons. The number of halogens is 1. The second-order valence-electron chi connectivity index (χ2n) is 4.79. The highest BCUT2D eigenvalue weighted by atomic mass is 35.5. The maximum atomic E-state index is 11.6. The molecule has 0 fully saturated rings. The molecule has 19 heavy (non-hydrogen) atoms. The Hall–Kier alpha value is -1.32. The molecule has 0 saturated carbocycles. The van der Waals surface area contributed by atoms with Gasteiger partial charge in [-0.15, -0.1) is 0 Å². The van der Waals surface area contributed by atoms with Gasteiger partial charge in [0.15, 0.2) is 0 Å². The monoisotopic (exact) mass is 279 g/mol. The van der Waals surface area contributed by atoms with Crippen molar-refractivity contribution in [2.24, 2.45) is 5.92 Å². The van der Waals surface area contributed by atoms with Gasteiger partial charge in [0.05, 0.1) is 5.92 Å². The van der Waals surface area contributed by atoms with Crippen LogP contribution in [0.2, 0.25) is 5.02 Å². The number of carbonyl (C=O) groups is 1. The van der Waals surface area contributed by atoms with Crippen LogP contribution in [-0.4, -0.2) is 23.7 Å². The van der Waals surface area contributed by atoms with Crippen molar-refractivity contribution < 1.29 is 9.90 Å². The molecule has 0 aromatic heterocycles. The number of benzene rings is 1. The van der Waals surface area contributed by atoms with Crippen LogP contribution < -0.4 is 5.32 Å². The summed E-state index contributed by atoms with van der Waals surface area (Å²) in [6.07, 6.45) is 3.80. The van der Waals surface area contributed by atoms with Gasteiger partial charge in [-0.25, -0.2) is 0 Å². The van der Waals surface area contributed by atoms with Gasteiger partial charge in [0.1, 0.15) is 0 Å². The Morgan fingerprint density at radius 3 is 2.68 bits per heavy atom. The first-order valence-electron chi connectivity index (χ1n) is 6.55. The molecule has 1 heterocycles. The smallest absolute Gasteiger partial charge is 0.312 e. The van der Waals surface area contributed by atoms with E-state index in [0.717, 1.165) is 24.0 Å². The molecule has 1 aromatic carbocycles. The van der Waals surface area contributed by atoms with Gasteiger partial charge in [-0.1, -0.05) is 43.2 Å². The molecule has 102 valence electrons. The van der Waals surface area contributed by atoms with E-state index in [1.54, 1.807) is 12.1 Å². The van der Waals surface area contributed by atoms with Gasteiger partial charge in [-0.3, -0.25) is 4.79 Å².